The van der Waals surface area contributed by atoms with E-state index in [1.54, 1.807) is 17.0 Å². The number of nitrogens with zero attached hydrogens (tertiary/aromatic N) is 3. The number of pyridine rings is 1. The molecule has 0 fully saturated rings. The third kappa shape index (κ3) is 4.36. The van der Waals surface area contributed by atoms with Crippen LogP contribution in [-0.2, 0) is 0 Å². The van der Waals surface area contributed by atoms with Crippen molar-refractivity contribution in [2.75, 3.05) is 4.90 Å². The van der Waals surface area contributed by atoms with Crippen molar-refractivity contribution < 1.29 is 13.2 Å². The van der Waals surface area contributed by atoms with Gasteiger partial charge in [0, 0.05) is 40.2 Å². The van der Waals surface area contributed by atoms with Gasteiger partial charge in [0.1, 0.15) is 0 Å². The van der Waals surface area contributed by atoms with Gasteiger partial charge in [-0.25, -0.2) is 13.2 Å². The largest absolute Gasteiger partial charge is 0.309 e. The van der Waals surface area contributed by atoms with Gasteiger partial charge in [0.25, 0.3) is 0 Å². The van der Waals surface area contributed by atoms with Gasteiger partial charge in [0.15, 0.2) is 17.5 Å². The Morgan fingerprint density at radius 1 is 0.510 bits per heavy atom. The van der Waals surface area contributed by atoms with E-state index >= 15 is 4.39 Å². The number of halogens is 3. The SMILES string of the molecule is Fc1ccc(N(c2ccccc2)c2ccc(-c3ccc4ccc5c6c(ccc3c46)cc3c5c4cnccc4n3-c3ccccc3)cc2)c(F)c1F. The number of para-hydroxylation sites is 2. The summed E-state index contributed by atoms with van der Waals surface area (Å²) in [5.74, 6) is -3.98. The molecule has 2 heterocycles. The minimum Gasteiger partial charge on any atom is -0.309 e. The fourth-order valence-corrected chi connectivity index (χ4v) is 7.81. The zero-order valence-electron chi connectivity index (χ0n) is 27.0. The second-order valence-electron chi connectivity index (χ2n) is 12.8. The van der Waals surface area contributed by atoms with Crippen LogP contribution in [0.4, 0.5) is 30.2 Å². The Kier molecular flexibility index (Phi) is 6.42. The first kappa shape index (κ1) is 29.3. The van der Waals surface area contributed by atoms with Gasteiger partial charge in [-0.05, 0) is 104 Å². The molecule has 0 aliphatic rings. The second kappa shape index (κ2) is 11.2. The molecule has 0 saturated heterocycles. The summed E-state index contributed by atoms with van der Waals surface area (Å²) in [6, 6.07) is 47.0. The summed E-state index contributed by atoms with van der Waals surface area (Å²) in [7, 11) is 0. The lowest BCUT2D eigenvalue weighted by molar-refractivity contribution is 0.448. The van der Waals surface area contributed by atoms with Gasteiger partial charge in [-0.15, -0.1) is 0 Å². The van der Waals surface area contributed by atoms with E-state index in [0.717, 1.165) is 55.5 Å². The lowest BCUT2D eigenvalue weighted by Gasteiger charge is -2.26. The summed E-state index contributed by atoms with van der Waals surface area (Å²) in [6.07, 6.45) is 3.81. The van der Waals surface area contributed by atoms with Crippen LogP contribution in [0.1, 0.15) is 0 Å². The summed E-state index contributed by atoms with van der Waals surface area (Å²) in [5.41, 5.74) is 6.52. The number of benzene rings is 8. The van der Waals surface area contributed by atoms with E-state index in [2.05, 4.69) is 82.3 Å². The molecule has 10 aromatic rings. The normalized spacial score (nSPS) is 11.8. The number of fused-ring (bicyclic) bond motifs is 4. The monoisotopic (exact) mass is 665 g/mol. The Balaban J connectivity index is 1.16. The molecule has 51 heavy (non-hydrogen) atoms. The van der Waals surface area contributed by atoms with Crippen LogP contribution in [0.2, 0.25) is 0 Å². The summed E-state index contributed by atoms with van der Waals surface area (Å²) in [4.78, 5) is 6.13. The van der Waals surface area contributed by atoms with E-state index in [-0.39, 0.29) is 5.69 Å². The van der Waals surface area contributed by atoms with Crippen molar-refractivity contribution in [3.63, 3.8) is 0 Å². The molecule has 242 valence electrons. The summed E-state index contributed by atoms with van der Waals surface area (Å²) in [5, 5.41) is 9.26. The zero-order valence-corrected chi connectivity index (χ0v) is 27.0. The average Bonchev–Trinajstić information content (AvgIpc) is 3.52. The van der Waals surface area contributed by atoms with Crippen molar-refractivity contribution in [2.24, 2.45) is 0 Å². The van der Waals surface area contributed by atoms with Crippen molar-refractivity contribution in [1.82, 2.24) is 9.55 Å². The van der Waals surface area contributed by atoms with Crippen molar-refractivity contribution in [3.05, 3.63) is 175 Å². The van der Waals surface area contributed by atoms with E-state index in [1.165, 1.54) is 27.6 Å². The predicted octanol–water partition coefficient (Wildman–Crippen LogP) is 12.6. The van der Waals surface area contributed by atoms with Crippen LogP contribution in [-0.4, -0.2) is 9.55 Å². The minimum atomic E-state index is -1.50. The minimum absolute atomic E-state index is 0.0780. The highest BCUT2D eigenvalue weighted by Crippen LogP contribution is 2.45. The molecule has 0 bridgehead atoms. The molecule has 0 aliphatic heterocycles. The van der Waals surface area contributed by atoms with Crippen molar-refractivity contribution in [1.29, 1.82) is 0 Å². The molecule has 8 aromatic carbocycles. The number of hydrogen-bond acceptors (Lipinski definition) is 2. The molecule has 0 saturated carbocycles. The lowest BCUT2D eigenvalue weighted by atomic mass is 9.88. The molecule has 6 heteroatoms. The third-order valence-electron chi connectivity index (χ3n) is 10.0. The van der Waals surface area contributed by atoms with Gasteiger partial charge >= 0.3 is 0 Å². The Morgan fingerprint density at radius 2 is 1.20 bits per heavy atom. The molecule has 0 amide bonds. The van der Waals surface area contributed by atoms with E-state index in [4.69, 9.17) is 0 Å². The van der Waals surface area contributed by atoms with E-state index in [9.17, 15) is 8.78 Å². The third-order valence-corrected chi connectivity index (χ3v) is 10.0. The van der Waals surface area contributed by atoms with Crippen LogP contribution in [0.25, 0.3) is 70.9 Å². The molecular weight excluding hydrogens is 640 g/mol. The van der Waals surface area contributed by atoms with Gasteiger partial charge in [-0.3, -0.25) is 4.98 Å². The number of hydrogen-bond donors (Lipinski definition) is 0. The molecule has 0 atom stereocenters. The zero-order chi connectivity index (χ0) is 34.2. The summed E-state index contributed by atoms with van der Waals surface area (Å²) in [6.45, 7) is 0. The van der Waals surface area contributed by atoms with E-state index in [0.29, 0.717) is 11.4 Å². The first-order valence-corrected chi connectivity index (χ1v) is 16.7. The van der Waals surface area contributed by atoms with Crippen LogP contribution in [0.5, 0.6) is 0 Å². The first-order chi connectivity index (χ1) is 25.1. The predicted molar refractivity (Wildman–Crippen MR) is 202 cm³/mol. The van der Waals surface area contributed by atoms with Crippen LogP contribution < -0.4 is 4.90 Å². The molecule has 0 radical (unpaired) electrons. The Bertz CT molecular complexity index is 2940. The number of aromatic nitrogens is 2. The summed E-state index contributed by atoms with van der Waals surface area (Å²) < 4.78 is 45.9. The van der Waals surface area contributed by atoms with Crippen molar-refractivity contribution in [2.45, 2.75) is 0 Å². The maximum Gasteiger partial charge on any atom is 0.196 e. The smallest absolute Gasteiger partial charge is 0.196 e. The number of anilines is 3. The second-order valence-corrected chi connectivity index (χ2v) is 12.8. The molecular formula is C45H26F3N3. The molecule has 2 aromatic heterocycles. The highest BCUT2D eigenvalue weighted by Gasteiger charge is 2.23. The highest BCUT2D eigenvalue weighted by atomic mass is 19.2. The molecule has 0 N–H and O–H groups in total. The maximum atomic E-state index is 15.2. The fraction of sp³-hybridized carbons (Fsp3) is 0. The van der Waals surface area contributed by atoms with Gasteiger partial charge < -0.3 is 9.47 Å². The molecule has 0 aliphatic carbocycles. The summed E-state index contributed by atoms with van der Waals surface area (Å²) >= 11 is 0. The fourth-order valence-electron chi connectivity index (χ4n) is 7.81. The van der Waals surface area contributed by atoms with Gasteiger partial charge in [-0.2, -0.15) is 0 Å². The van der Waals surface area contributed by atoms with Gasteiger partial charge in [-0.1, -0.05) is 84.9 Å². The van der Waals surface area contributed by atoms with Crippen LogP contribution >= 0.6 is 0 Å². The molecule has 3 nitrogen and oxygen atoms in total. The van der Waals surface area contributed by atoms with Crippen LogP contribution in [0.15, 0.2) is 158 Å². The van der Waals surface area contributed by atoms with Crippen molar-refractivity contribution in [3.8, 4) is 16.8 Å². The topological polar surface area (TPSA) is 21.1 Å². The Hall–Kier alpha value is -6.66. The molecule has 0 spiro atoms. The molecule has 0 unspecified atom stereocenters. The number of rotatable bonds is 5. The molecule has 10 rings (SSSR count). The standard InChI is InChI=1S/C45H26F3N3/c46-37-21-22-39(45(48)44(37)47)50(30-7-3-1-4-8-30)32-16-11-27(12-17-32)33-18-13-28-14-20-35-42-29(15-19-34(33)41(28)42)25-40-43(35)36-26-49-24-23-38(36)51(40)31-9-5-2-6-10-31/h1-26H. The quantitative estimate of drug-likeness (QED) is 0.135. The highest BCUT2D eigenvalue weighted by molar-refractivity contribution is 6.34. The lowest BCUT2D eigenvalue weighted by Crippen LogP contribution is -2.13. The maximum absolute atomic E-state index is 15.2. The Labute approximate surface area is 290 Å². The van der Waals surface area contributed by atoms with Crippen molar-refractivity contribution >= 4 is 71.2 Å². The van der Waals surface area contributed by atoms with Gasteiger partial charge in [0.05, 0.1) is 16.7 Å². The van der Waals surface area contributed by atoms with Gasteiger partial charge in [0.2, 0.25) is 0 Å². The van der Waals surface area contributed by atoms with Crippen LogP contribution in [0, 0.1) is 17.5 Å². The van der Waals surface area contributed by atoms with E-state index < -0.39 is 17.5 Å². The first-order valence-electron chi connectivity index (χ1n) is 16.7. The van der Waals surface area contributed by atoms with E-state index in [1.807, 2.05) is 60.9 Å². The Morgan fingerprint density at radius 3 is 2.00 bits per heavy atom. The van der Waals surface area contributed by atoms with Crippen LogP contribution in [0.3, 0.4) is 0 Å². The average molecular weight is 666 g/mol.